The molecule has 6 nitrogen and oxygen atoms in total. The molecule has 0 amide bonds. The lowest BCUT2D eigenvalue weighted by Gasteiger charge is -2.26. The van der Waals surface area contributed by atoms with E-state index >= 15 is 0 Å². The van der Waals surface area contributed by atoms with Crippen molar-refractivity contribution in [2.24, 2.45) is 0 Å². The van der Waals surface area contributed by atoms with Crippen LogP contribution in [0.5, 0.6) is 0 Å². The van der Waals surface area contributed by atoms with E-state index in [1.54, 1.807) is 37.4 Å². The maximum atomic E-state index is 13.2. The molecule has 0 saturated carbocycles. The van der Waals surface area contributed by atoms with Crippen molar-refractivity contribution in [2.45, 2.75) is 19.3 Å². The molecule has 2 heterocycles. The first-order valence-corrected chi connectivity index (χ1v) is 8.30. The zero-order valence-corrected chi connectivity index (χ0v) is 14.2. The molecule has 0 spiro atoms. The molecule has 2 aromatic heterocycles. The minimum atomic E-state index is -2.18. The summed E-state index contributed by atoms with van der Waals surface area (Å²) in [6.07, 6.45) is 2.81. The van der Waals surface area contributed by atoms with Crippen LogP contribution in [0.2, 0.25) is 0 Å². The number of nitrogens with zero attached hydrogens (tertiary/aromatic N) is 1. The molecule has 7 heteroatoms. The predicted octanol–water partition coefficient (Wildman–Crippen LogP) is 2.39. The van der Waals surface area contributed by atoms with Gasteiger partial charge in [-0.05, 0) is 37.4 Å². The summed E-state index contributed by atoms with van der Waals surface area (Å²) in [5.74, 6) is -2.60. The van der Waals surface area contributed by atoms with Crippen LogP contribution in [0.15, 0.2) is 42.0 Å². The fourth-order valence-electron chi connectivity index (χ4n) is 2.27. The average molecular weight is 347 g/mol. The number of hydrogen-bond acceptors (Lipinski definition) is 7. The van der Waals surface area contributed by atoms with Crippen LogP contribution in [0.25, 0.3) is 0 Å². The summed E-state index contributed by atoms with van der Waals surface area (Å²) in [7, 11) is 0. The van der Waals surface area contributed by atoms with E-state index in [4.69, 9.17) is 9.47 Å². The fourth-order valence-corrected chi connectivity index (χ4v) is 3.16. The molecule has 0 aliphatic rings. The summed E-state index contributed by atoms with van der Waals surface area (Å²) in [5, 5.41) is 1.68. The van der Waals surface area contributed by atoms with Crippen LogP contribution in [-0.4, -0.2) is 35.9 Å². The molecule has 0 fully saturated rings. The van der Waals surface area contributed by atoms with Crippen LogP contribution in [0.3, 0.4) is 0 Å². The van der Waals surface area contributed by atoms with Crippen molar-refractivity contribution >= 4 is 29.1 Å². The van der Waals surface area contributed by atoms with Gasteiger partial charge in [-0.2, -0.15) is 0 Å². The van der Waals surface area contributed by atoms with Crippen LogP contribution in [0.1, 0.15) is 29.1 Å². The number of carbonyl (C=O) groups is 3. The second-order valence-electron chi connectivity index (χ2n) is 4.74. The van der Waals surface area contributed by atoms with Crippen LogP contribution < -0.4 is 0 Å². The van der Waals surface area contributed by atoms with E-state index in [0.717, 1.165) is 11.3 Å². The monoisotopic (exact) mass is 347 g/mol. The SMILES string of the molecule is CCOC(=O)C(C(=O)OCC)(C(=O)c1cccnc1)c1cccs1. The highest BCUT2D eigenvalue weighted by atomic mass is 32.1. The molecule has 0 unspecified atom stereocenters. The third-order valence-corrected chi connectivity index (χ3v) is 4.31. The number of pyridine rings is 1. The summed E-state index contributed by atoms with van der Waals surface area (Å²) in [6.45, 7) is 3.28. The highest BCUT2D eigenvalue weighted by Crippen LogP contribution is 2.35. The summed E-state index contributed by atoms with van der Waals surface area (Å²) in [5.41, 5.74) is -2.05. The van der Waals surface area contributed by atoms with Gasteiger partial charge < -0.3 is 9.47 Å². The van der Waals surface area contributed by atoms with E-state index in [1.807, 2.05) is 0 Å². The minimum absolute atomic E-state index is 0.0334. The smallest absolute Gasteiger partial charge is 0.337 e. The van der Waals surface area contributed by atoms with Crippen molar-refractivity contribution in [1.29, 1.82) is 0 Å². The van der Waals surface area contributed by atoms with E-state index in [-0.39, 0.29) is 23.7 Å². The quantitative estimate of drug-likeness (QED) is 0.434. The topological polar surface area (TPSA) is 82.6 Å². The molecule has 0 aliphatic heterocycles. The third kappa shape index (κ3) is 3.07. The molecule has 24 heavy (non-hydrogen) atoms. The molecule has 2 rings (SSSR count). The van der Waals surface area contributed by atoms with E-state index in [9.17, 15) is 14.4 Å². The van der Waals surface area contributed by atoms with Crippen molar-refractivity contribution in [1.82, 2.24) is 4.98 Å². The number of ketones is 1. The number of thiophene rings is 1. The Morgan fingerprint density at radius 2 is 1.75 bits per heavy atom. The van der Waals surface area contributed by atoms with Crippen molar-refractivity contribution < 1.29 is 23.9 Å². The summed E-state index contributed by atoms with van der Waals surface area (Å²) < 4.78 is 10.1. The third-order valence-electron chi connectivity index (χ3n) is 3.32. The Hall–Kier alpha value is -2.54. The first kappa shape index (κ1) is 17.8. The molecule has 126 valence electrons. The lowest BCUT2D eigenvalue weighted by atomic mass is 9.79. The number of carbonyl (C=O) groups excluding carboxylic acids is 3. The lowest BCUT2D eigenvalue weighted by molar-refractivity contribution is -0.161. The van der Waals surface area contributed by atoms with Crippen molar-refractivity contribution in [3.8, 4) is 0 Å². The highest BCUT2D eigenvalue weighted by molar-refractivity contribution is 7.10. The van der Waals surface area contributed by atoms with E-state index in [0.29, 0.717) is 0 Å². The van der Waals surface area contributed by atoms with E-state index in [1.165, 1.54) is 18.5 Å². The summed E-state index contributed by atoms with van der Waals surface area (Å²) in [6, 6.07) is 6.26. The highest BCUT2D eigenvalue weighted by Gasteiger charge is 2.58. The van der Waals surface area contributed by atoms with Gasteiger partial charge in [-0.1, -0.05) is 6.07 Å². The largest absolute Gasteiger partial charge is 0.465 e. The Bertz CT molecular complexity index is 694. The molecule has 0 N–H and O–H groups in total. The second-order valence-corrected chi connectivity index (χ2v) is 5.69. The van der Waals surface area contributed by atoms with E-state index in [2.05, 4.69) is 4.98 Å². The first-order valence-electron chi connectivity index (χ1n) is 7.42. The lowest BCUT2D eigenvalue weighted by Crippen LogP contribution is -2.52. The van der Waals surface area contributed by atoms with Crippen molar-refractivity contribution in [3.63, 3.8) is 0 Å². The number of hydrogen-bond donors (Lipinski definition) is 0. The number of aromatic nitrogens is 1. The van der Waals surface area contributed by atoms with Gasteiger partial charge in [0.05, 0.1) is 13.2 Å². The molecule has 0 atom stereocenters. The Kier molecular flexibility index (Phi) is 5.81. The molecule has 0 saturated heterocycles. The van der Waals surface area contributed by atoms with Gasteiger partial charge in [-0.25, -0.2) is 9.59 Å². The number of Topliss-reactive ketones (excluding diaryl/α,β-unsaturated/α-hetero) is 1. The van der Waals surface area contributed by atoms with Gasteiger partial charge in [0.15, 0.2) is 5.78 Å². The maximum absolute atomic E-state index is 13.2. The molecule has 0 radical (unpaired) electrons. The van der Waals surface area contributed by atoms with Gasteiger partial charge in [0.2, 0.25) is 0 Å². The zero-order valence-electron chi connectivity index (χ0n) is 13.4. The predicted molar refractivity (Wildman–Crippen MR) is 87.8 cm³/mol. The molecule has 0 aromatic carbocycles. The number of rotatable bonds is 7. The Labute approximate surface area is 143 Å². The van der Waals surface area contributed by atoms with Crippen LogP contribution >= 0.6 is 11.3 Å². The van der Waals surface area contributed by atoms with Gasteiger partial charge >= 0.3 is 11.9 Å². The molecular weight excluding hydrogens is 330 g/mol. The molecular formula is C17H17NO5S. The second kappa shape index (κ2) is 7.83. The molecule has 0 bridgehead atoms. The fraction of sp³-hybridized carbons (Fsp3) is 0.294. The summed E-state index contributed by atoms with van der Waals surface area (Å²) in [4.78, 5) is 42.8. The van der Waals surface area contributed by atoms with Gasteiger partial charge in [0.1, 0.15) is 0 Å². The zero-order chi connectivity index (χ0) is 17.6. The van der Waals surface area contributed by atoms with Crippen LogP contribution in [0.4, 0.5) is 0 Å². The standard InChI is InChI=1S/C17H17NO5S/c1-3-22-15(20)17(16(21)23-4-2,13-8-6-10-24-13)14(19)12-7-5-9-18-11-12/h5-11H,3-4H2,1-2H3. The van der Waals surface area contributed by atoms with E-state index < -0.39 is 23.1 Å². The first-order chi connectivity index (χ1) is 11.6. The Morgan fingerprint density at radius 1 is 1.08 bits per heavy atom. The van der Waals surface area contributed by atoms with Crippen LogP contribution in [-0.2, 0) is 24.5 Å². The van der Waals surface area contributed by atoms with Gasteiger partial charge in [0, 0.05) is 22.8 Å². The van der Waals surface area contributed by atoms with Crippen LogP contribution in [0, 0.1) is 0 Å². The van der Waals surface area contributed by atoms with Crippen molar-refractivity contribution in [3.05, 3.63) is 52.5 Å². The minimum Gasteiger partial charge on any atom is -0.465 e. The van der Waals surface area contributed by atoms with Gasteiger partial charge in [-0.3, -0.25) is 9.78 Å². The number of ether oxygens (including phenoxy) is 2. The Balaban J connectivity index is 2.68. The van der Waals surface area contributed by atoms with Gasteiger partial charge in [0.25, 0.3) is 5.41 Å². The normalized spacial score (nSPS) is 10.9. The average Bonchev–Trinajstić information content (AvgIpc) is 3.11. The van der Waals surface area contributed by atoms with Gasteiger partial charge in [-0.15, -0.1) is 11.3 Å². The van der Waals surface area contributed by atoms with Crippen molar-refractivity contribution in [2.75, 3.05) is 13.2 Å². The number of esters is 2. The molecule has 2 aromatic rings. The Morgan fingerprint density at radius 3 is 2.21 bits per heavy atom. The summed E-state index contributed by atoms with van der Waals surface area (Å²) >= 11 is 1.12. The maximum Gasteiger partial charge on any atom is 0.337 e. The molecule has 0 aliphatic carbocycles.